The average molecular weight is 254 g/mol. The average Bonchev–Trinajstić information content (AvgIpc) is 2.41. The molecule has 0 spiro atoms. The van der Waals surface area contributed by atoms with Crippen molar-refractivity contribution < 1.29 is 9.90 Å². The number of fused-ring (bicyclic) bond motifs is 3. The number of hydrogen-bond donors (Lipinski definition) is 1. The van der Waals surface area contributed by atoms with Gasteiger partial charge in [0, 0.05) is 30.2 Å². The van der Waals surface area contributed by atoms with E-state index in [0.717, 1.165) is 5.39 Å². The van der Waals surface area contributed by atoms with Crippen LogP contribution in [-0.2, 0) is 7.05 Å². The van der Waals surface area contributed by atoms with Crippen LogP contribution in [0, 0.1) is 0 Å². The van der Waals surface area contributed by atoms with E-state index in [9.17, 15) is 9.59 Å². The Labute approximate surface area is 107 Å². The van der Waals surface area contributed by atoms with E-state index in [2.05, 4.69) is 4.98 Å². The van der Waals surface area contributed by atoms with Crippen molar-refractivity contribution in [1.29, 1.82) is 0 Å². The topological polar surface area (TPSA) is 72.2 Å². The van der Waals surface area contributed by atoms with Crippen molar-refractivity contribution in [2.24, 2.45) is 7.05 Å². The highest BCUT2D eigenvalue weighted by Gasteiger charge is 2.15. The molecule has 3 aromatic rings. The van der Waals surface area contributed by atoms with Gasteiger partial charge < -0.3 is 9.67 Å². The van der Waals surface area contributed by atoms with Crippen molar-refractivity contribution in [3.63, 3.8) is 0 Å². The summed E-state index contributed by atoms with van der Waals surface area (Å²) in [7, 11) is 1.71. The fraction of sp³-hybridized carbons (Fsp3) is 0.0714. The summed E-state index contributed by atoms with van der Waals surface area (Å²) in [4.78, 5) is 27.5. The molecule has 94 valence electrons. The van der Waals surface area contributed by atoms with Crippen LogP contribution < -0.4 is 5.43 Å². The summed E-state index contributed by atoms with van der Waals surface area (Å²) in [5.74, 6) is -1.22. The molecule has 0 aliphatic heterocycles. The Kier molecular flexibility index (Phi) is 2.35. The van der Waals surface area contributed by atoms with Crippen LogP contribution in [-0.4, -0.2) is 20.6 Å². The number of carboxylic acids is 1. The Balaban J connectivity index is 2.60. The molecule has 1 N–H and O–H groups in total. The van der Waals surface area contributed by atoms with Crippen molar-refractivity contribution in [2.45, 2.75) is 0 Å². The molecule has 2 heterocycles. The lowest BCUT2D eigenvalue weighted by Gasteiger charge is -2.09. The van der Waals surface area contributed by atoms with Crippen LogP contribution in [0.25, 0.3) is 21.8 Å². The number of pyridine rings is 2. The Morgan fingerprint density at radius 2 is 2.11 bits per heavy atom. The first-order valence-corrected chi connectivity index (χ1v) is 5.70. The number of aromatic nitrogens is 2. The molecule has 0 radical (unpaired) electrons. The summed E-state index contributed by atoms with van der Waals surface area (Å²) in [6.07, 6.45) is 2.98. The third-order valence-corrected chi connectivity index (χ3v) is 3.14. The standard InChI is InChI=1S/C14H10N2O3/c1-16-7-10(14(18)19)13(17)9-5-4-8-3-2-6-15-11(8)12(9)16/h2-7H,1H3,(H,18,19). The number of benzene rings is 1. The summed E-state index contributed by atoms with van der Waals surface area (Å²) in [6, 6.07) is 7.14. The molecule has 0 amide bonds. The third kappa shape index (κ3) is 1.59. The molecule has 5 nitrogen and oxygen atoms in total. The maximum absolute atomic E-state index is 12.1. The molecular formula is C14H10N2O3. The van der Waals surface area contributed by atoms with Gasteiger partial charge in [0.15, 0.2) is 0 Å². The van der Waals surface area contributed by atoms with Gasteiger partial charge in [-0.05, 0) is 12.1 Å². The third-order valence-electron chi connectivity index (χ3n) is 3.14. The van der Waals surface area contributed by atoms with E-state index in [-0.39, 0.29) is 5.56 Å². The lowest BCUT2D eigenvalue weighted by Crippen LogP contribution is -2.18. The van der Waals surface area contributed by atoms with Gasteiger partial charge in [0.05, 0.1) is 11.0 Å². The number of hydrogen-bond acceptors (Lipinski definition) is 3. The van der Waals surface area contributed by atoms with E-state index in [1.54, 1.807) is 29.9 Å². The zero-order chi connectivity index (χ0) is 13.6. The summed E-state index contributed by atoms with van der Waals surface area (Å²) in [5.41, 5.74) is 0.628. The zero-order valence-corrected chi connectivity index (χ0v) is 10.1. The van der Waals surface area contributed by atoms with E-state index < -0.39 is 11.4 Å². The van der Waals surface area contributed by atoms with Crippen LogP contribution in [0.1, 0.15) is 10.4 Å². The Hall–Kier alpha value is -2.69. The van der Waals surface area contributed by atoms with Crippen molar-refractivity contribution in [3.05, 3.63) is 52.4 Å². The van der Waals surface area contributed by atoms with Gasteiger partial charge in [-0.25, -0.2) is 4.79 Å². The zero-order valence-electron chi connectivity index (χ0n) is 10.1. The smallest absolute Gasteiger partial charge is 0.341 e. The molecule has 0 unspecified atom stereocenters. The van der Waals surface area contributed by atoms with Gasteiger partial charge in [-0.2, -0.15) is 0 Å². The van der Waals surface area contributed by atoms with Crippen molar-refractivity contribution in [1.82, 2.24) is 9.55 Å². The van der Waals surface area contributed by atoms with E-state index in [4.69, 9.17) is 5.11 Å². The quantitative estimate of drug-likeness (QED) is 0.672. The summed E-state index contributed by atoms with van der Waals surface area (Å²) < 4.78 is 1.63. The number of carboxylic acid groups (broad SMARTS) is 1. The summed E-state index contributed by atoms with van der Waals surface area (Å²) in [5, 5.41) is 10.3. The predicted octanol–water partition coefficient (Wildman–Crippen LogP) is 1.78. The minimum atomic E-state index is -1.22. The van der Waals surface area contributed by atoms with Crippen molar-refractivity contribution in [3.8, 4) is 0 Å². The molecule has 1 aromatic carbocycles. The van der Waals surface area contributed by atoms with E-state index in [0.29, 0.717) is 16.4 Å². The van der Waals surface area contributed by atoms with E-state index in [1.165, 1.54) is 6.20 Å². The fourth-order valence-corrected chi connectivity index (χ4v) is 2.28. The first-order valence-electron chi connectivity index (χ1n) is 5.70. The van der Waals surface area contributed by atoms with Crippen molar-refractivity contribution in [2.75, 3.05) is 0 Å². The highest BCUT2D eigenvalue weighted by molar-refractivity contribution is 6.04. The SMILES string of the molecule is Cn1cc(C(=O)O)c(=O)c2ccc3cccnc3c21. The summed E-state index contributed by atoms with van der Waals surface area (Å²) in [6.45, 7) is 0. The van der Waals surface area contributed by atoms with Crippen LogP contribution >= 0.6 is 0 Å². The molecule has 0 aliphatic rings. The van der Waals surface area contributed by atoms with Gasteiger partial charge in [0.25, 0.3) is 0 Å². The van der Waals surface area contributed by atoms with Gasteiger partial charge in [-0.3, -0.25) is 9.78 Å². The van der Waals surface area contributed by atoms with Gasteiger partial charge in [-0.1, -0.05) is 12.1 Å². The number of aromatic carboxylic acids is 1. The van der Waals surface area contributed by atoms with Crippen LogP contribution in [0.15, 0.2) is 41.5 Å². The number of carbonyl (C=O) groups is 1. The van der Waals surface area contributed by atoms with E-state index >= 15 is 0 Å². The first kappa shape index (κ1) is 11.4. The highest BCUT2D eigenvalue weighted by atomic mass is 16.4. The fourth-order valence-electron chi connectivity index (χ4n) is 2.28. The largest absolute Gasteiger partial charge is 0.477 e. The molecule has 19 heavy (non-hydrogen) atoms. The molecule has 0 fully saturated rings. The molecular weight excluding hydrogens is 244 g/mol. The molecule has 2 aromatic heterocycles. The highest BCUT2D eigenvalue weighted by Crippen LogP contribution is 2.21. The van der Waals surface area contributed by atoms with Crippen LogP contribution in [0.4, 0.5) is 0 Å². The number of rotatable bonds is 1. The van der Waals surface area contributed by atoms with Gasteiger partial charge >= 0.3 is 5.97 Å². The normalized spacial score (nSPS) is 11.0. The summed E-state index contributed by atoms with van der Waals surface area (Å²) >= 11 is 0. The molecule has 0 saturated heterocycles. The molecule has 0 saturated carbocycles. The van der Waals surface area contributed by atoms with Gasteiger partial charge in [0.2, 0.25) is 5.43 Å². The maximum atomic E-state index is 12.1. The molecule has 0 atom stereocenters. The lowest BCUT2D eigenvalue weighted by atomic mass is 10.1. The molecule has 0 bridgehead atoms. The Morgan fingerprint density at radius 1 is 1.32 bits per heavy atom. The van der Waals surface area contributed by atoms with Gasteiger partial charge in [-0.15, -0.1) is 0 Å². The maximum Gasteiger partial charge on any atom is 0.341 e. The van der Waals surface area contributed by atoms with Crippen LogP contribution in [0.5, 0.6) is 0 Å². The second-order valence-electron chi connectivity index (χ2n) is 4.32. The van der Waals surface area contributed by atoms with E-state index in [1.807, 2.05) is 12.1 Å². The predicted molar refractivity (Wildman–Crippen MR) is 71.4 cm³/mol. The van der Waals surface area contributed by atoms with Crippen LogP contribution in [0.2, 0.25) is 0 Å². The first-order chi connectivity index (χ1) is 9.09. The molecule has 5 heteroatoms. The second-order valence-corrected chi connectivity index (χ2v) is 4.32. The van der Waals surface area contributed by atoms with Crippen molar-refractivity contribution >= 4 is 27.8 Å². The molecule has 0 aliphatic carbocycles. The Bertz CT molecular complexity index is 881. The second kappa shape index (κ2) is 3.91. The minimum Gasteiger partial charge on any atom is -0.477 e. The monoisotopic (exact) mass is 254 g/mol. The lowest BCUT2D eigenvalue weighted by molar-refractivity contribution is 0.0695. The van der Waals surface area contributed by atoms with Crippen LogP contribution in [0.3, 0.4) is 0 Å². The minimum absolute atomic E-state index is 0.231. The van der Waals surface area contributed by atoms with Gasteiger partial charge in [0.1, 0.15) is 5.56 Å². The Morgan fingerprint density at radius 3 is 2.84 bits per heavy atom. The molecule has 3 rings (SSSR count). The number of aryl methyl sites for hydroxylation is 1. The number of nitrogens with zero attached hydrogens (tertiary/aromatic N) is 2.